The first-order valence-electron chi connectivity index (χ1n) is 8.12. The van der Waals surface area contributed by atoms with Gasteiger partial charge in [0.1, 0.15) is 17.3 Å². The number of aryl methyl sites for hydroxylation is 1. The van der Waals surface area contributed by atoms with Crippen LogP contribution in [0.5, 0.6) is 23.0 Å². The Morgan fingerprint density at radius 1 is 1.07 bits per heavy atom. The molecule has 0 amide bonds. The summed E-state index contributed by atoms with van der Waals surface area (Å²) in [5.41, 5.74) is 2.79. The van der Waals surface area contributed by atoms with Crippen molar-refractivity contribution in [3.05, 3.63) is 41.6 Å². The van der Waals surface area contributed by atoms with Gasteiger partial charge in [-0.15, -0.1) is 0 Å². The summed E-state index contributed by atoms with van der Waals surface area (Å²) in [4.78, 5) is 4.37. The van der Waals surface area contributed by atoms with Gasteiger partial charge in [0.05, 0.1) is 32.6 Å². The number of phenols is 1. The third-order valence-corrected chi connectivity index (χ3v) is 4.26. The number of aromatic nitrogens is 1. The maximum Gasteiger partial charge on any atom is 0.205 e. The fourth-order valence-electron chi connectivity index (χ4n) is 2.85. The van der Waals surface area contributed by atoms with E-state index >= 15 is 0 Å². The molecule has 0 saturated heterocycles. The van der Waals surface area contributed by atoms with Crippen molar-refractivity contribution in [3.8, 4) is 29.1 Å². The molecule has 0 aliphatic heterocycles. The van der Waals surface area contributed by atoms with Gasteiger partial charge < -0.3 is 24.6 Å². The molecule has 0 bridgehead atoms. The van der Waals surface area contributed by atoms with Crippen LogP contribution in [0.25, 0.3) is 10.9 Å². The molecule has 3 aromatic rings. The molecule has 1 aromatic heterocycles. The summed E-state index contributed by atoms with van der Waals surface area (Å²) in [5, 5.41) is 23.3. The average Bonchev–Trinajstić information content (AvgIpc) is 2.69. The summed E-state index contributed by atoms with van der Waals surface area (Å²) in [7, 11) is 4.56. The van der Waals surface area contributed by atoms with Crippen LogP contribution >= 0.6 is 0 Å². The van der Waals surface area contributed by atoms with Gasteiger partial charge in [0, 0.05) is 23.3 Å². The molecule has 138 valence electrons. The molecule has 1 heterocycles. The number of fused-ring (bicyclic) bond motifs is 1. The van der Waals surface area contributed by atoms with Gasteiger partial charge >= 0.3 is 0 Å². The number of rotatable bonds is 5. The van der Waals surface area contributed by atoms with Crippen LogP contribution in [0.4, 0.5) is 11.4 Å². The number of hydrogen-bond donors (Lipinski definition) is 2. The Hall–Kier alpha value is -3.66. The molecule has 2 aromatic carbocycles. The number of pyridine rings is 1. The summed E-state index contributed by atoms with van der Waals surface area (Å²) in [5.74, 6) is 1.44. The number of benzene rings is 2. The number of hydrogen-bond acceptors (Lipinski definition) is 7. The van der Waals surface area contributed by atoms with Crippen molar-refractivity contribution in [2.24, 2.45) is 0 Å². The monoisotopic (exact) mass is 365 g/mol. The predicted octanol–water partition coefficient (Wildman–Crippen LogP) is 3.89. The molecule has 7 nitrogen and oxygen atoms in total. The molecule has 0 atom stereocenters. The van der Waals surface area contributed by atoms with Crippen LogP contribution in [-0.2, 0) is 0 Å². The van der Waals surface area contributed by atoms with E-state index in [0.29, 0.717) is 45.1 Å². The van der Waals surface area contributed by atoms with Crippen LogP contribution in [0.15, 0.2) is 30.5 Å². The Labute approximate surface area is 156 Å². The standard InChI is InChI=1S/C20H19N3O4/c1-11-5-6-13(7-15(11)24)23-17-12(9-21)10-22-18-14(17)8-16(25-2)19(26-3)20(18)27-4/h5-8,10,24H,1-4H3,(H,22,23). The Morgan fingerprint density at radius 3 is 2.41 bits per heavy atom. The van der Waals surface area contributed by atoms with Crippen molar-refractivity contribution in [2.75, 3.05) is 26.6 Å². The Kier molecular flexibility index (Phi) is 4.90. The highest BCUT2D eigenvalue weighted by Gasteiger charge is 2.21. The first-order chi connectivity index (χ1) is 13.0. The lowest BCUT2D eigenvalue weighted by molar-refractivity contribution is 0.327. The minimum Gasteiger partial charge on any atom is -0.508 e. The van der Waals surface area contributed by atoms with E-state index < -0.39 is 0 Å². The third-order valence-electron chi connectivity index (χ3n) is 4.26. The smallest absolute Gasteiger partial charge is 0.205 e. The van der Waals surface area contributed by atoms with Gasteiger partial charge in [0.15, 0.2) is 11.5 Å². The molecular formula is C20H19N3O4. The van der Waals surface area contributed by atoms with Crippen LogP contribution in [0.1, 0.15) is 11.1 Å². The van der Waals surface area contributed by atoms with E-state index in [1.165, 1.54) is 27.5 Å². The lowest BCUT2D eigenvalue weighted by atomic mass is 10.1. The zero-order valence-corrected chi connectivity index (χ0v) is 15.5. The van der Waals surface area contributed by atoms with Crippen LogP contribution in [0.2, 0.25) is 0 Å². The van der Waals surface area contributed by atoms with Crippen molar-refractivity contribution in [3.63, 3.8) is 0 Å². The summed E-state index contributed by atoms with van der Waals surface area (Å²) < 4.78 is 16.3. The highest BCUT2D eigenvalue weighted by molar-refractivity contribution is 6.01. The topological polar surface area (TPSA) is 96.6 Å². The van der Waals surface area contributed by atoms with Crippen LogP contribution in [0.3, 0.4) is 0 Å². The average molecular weight is 365 g/mol. The first kappa shape index (κ1) is 18.1. The summed E-state index contributed by atoms with van der Waals surface area (Å²) in [6.07, 6.45) is 1.47. The molecule has 0 aliphatic rings. The summed E-state index contributed by atoms with van der Waals surface area (Å²) in [6, 6.07) is 9.08. The second-order valence-corrected chi connectivity index (χ2v) is 5.83. The van der Waals surface area contributed by atoms with E-state index in [4.69, 9.17) is 14.2 Å². The molecule has 0 spiro atoms. The minimum atomic E-state index is 0.161. The Balaban J connectivity index is 2.29. The van der Waals surface area contributed by atoms with Crippen molar-refractivity contribution >= 4 is 22.3 Å². The van der Waals surface area contributed by atoms with Crippen molar-refractivity contribution in [2.45, 2.75) is 6.92 Å². The zero-order valence-electron chi connectivity index (χ0n) is 15.5. The number of aromatic hydroxyl groups is 1. The molecule has 3 rings (SSSR count). The molecule has 0 radical (unpaired) electrons. The van der Waals surface area contributed by atoms with Crippen molar-refractivity contribution in [1.29, 1.82) is 5.26 Å². The Morgan fingerprint density at radius 2 is 1.81 bits per heavy atom. The van der Waals surface area contributed by atoms with Gasteiger partial charge in [-0.1, -0.05) is 6.07 Å². The fraction of sp³-hybridized carbons (Fsp3) is 0.200. The van der Waals surface area contributed by atoms with Gasteiger partial charge in [0.2, 0.25) is 5.75 Å². The highest BCUT2D eigenvalue weighted by Crippen LogP contribution is 2.45. The quantitative estimate of drug-likeness (QED) is 0.708. The van der Waals surface area contributed by atoms with Crippen molar-refractivity contribution < 1.29 is 19.3 Å². The van der Waals surface area contributed by atoms with E-state index in [1.54, 1.807) is 18.2 Å². The van der Waals surface area contributed by atoms with Gasteiger partial charge in [0.25, 0.3) is 0 Å². The second kappa shape index (κ2) is 7.30. The highest BCUT2D eigenvalue weighted by atomic mass is 16.5. The number of anilines is 2. The molecule has 0 aliphatic carbocycles. The maximum absolute atomic E-state index is 9.98. The lowest BCUT2D eigenvalue weighted by Gasteiger charge is -2.17. The number of ether oxygens (including phenoxy) is 3. The molecule has 27 heavy (non-hydrogen) atoms. The molecule has 0 fully saturated rings. The summed E-state index contributed by atoms with van der Waals surface area (Å²) in [6.45, 7) is 1.81. The van der Waals surface area contributed by atoms with Gasteiger partial charge in [-0.3, -0.25) is 4.98 Å². The minimum absolute atomic E-state index is 0.161. The molecule has 7 heteroatoms. The molecule has 2 N–H and O–H groups in total. The van der Waals surface area contributed by atoms with E-state index in [0.717, 1.165) is 5.56 Å². The number of nitriles is 1. The number of phenolic OH excluding ortho intramolecular Hbond substituents is 1. The van der Waals surface area contributed by atoms with E-state index in [9.17, 15) is 10.4 Å². The van der Waals surface area contributed by atoms with Gasteiger partial charge in [-0.2, -0.15) is 5.26 Å². The SMILES string of the molecule is COc1cc2c(Nc3ccc(C)c(O)c3)c(C#N)cnc2c(OC)c1OC. The first-order valence-corrected chi connectivity index (χ1v) is 8.12. The van der Waals surface area contributed by atoms with Gasteiger partial charge in [-0.05, 0) is 24.6 Å². The molecule has 0 saturated carbocycles. The fourth-order valence-corrected chi connectivity index (χ4v) is 2.85. The second-order valence-electron chi connectivity index (χ2n) is 5.83. The normalized spacial score (nSPS) is 10.3. The summed E-state index contributed by atoms with van der Waals surface area (Å²) >= 11 is 0. The van der Waals surface area contributed by atoms with Crippen LogP contribution < -0.4 is 19.5 Å². The number of nitrogens with zero attached hydrogens (tertiary/aromatic N) is 2. The van der Waals surface area contributed by atoms with Gasteiger partial charge in [-0.25, -0.2) is 0 Å². The number of methoxy groups -OCH3 is 3. The number of nitrogens with one attached hydrogen (secondary N) is 1. The van der Waals surface area contributed by atoms with Crippen molar-refractivity contribution in [1.82, 2.24) is 4.98 Å². The maximum atomic E-state index is 9.98. The van der Waals surface area contributed by atoms with Crippen LogP contribution in [0, 0.1) is 18.3 Å². The molecular weight excluding hydrogens is 346 g/mol. The predicted molar refractivity (Wildman–Crippen MR) is 102 cm³/mol. The van der Waals surface area contributed by atoms with E-state index in [1.807, 2.05) is 13.0 Å². The largest absolute Gasteiger partial charge is 0.508 e. The van der Waals surface area contributed by atoms with E-state index in [-0.39, 0.29) is 5.75 Å². The molecule has 0 unspecified atom stereocenters. The lowest BCUT2D eigenvalue weighted by Crippen LogP contribution is -2.01. The van der Waals surface area contributed by atoms with E-state index in [2.05, 4.69) is 16.4 Å². The van der Waals surface area contributed by atoms with Crippen LogP contribution in [-0.4, -0.2) is 31.4 Å². The Bertz CT molecular complexity index is 1060. The third kappa shape index (κ3) is 3.13. The zero-order chi connectivity index (χ0) is 19.6.